The van der Waals surface area contributed by atoms with E-state index >= 15 is 0 Å². The van der Waals surface area contributed by atoms with Crippen LogP contribution in [0.25, 0.3) is 22.2 Å². The number of benzene rings is 2. The summed E-state index contributed by atoms with van der Waals surface area (Å²) < 4.78 is 0. The van der Waals surface area contributed by atoms with E-state index in [4.69, 9.17) is 10.7 Å². The topological polar surface area (TPSA) is 99.9 Å². The van der Waals surface area contributed by atoms with Gasteiger partial charge in [0.15, 0.2) is 0 Å². The second-order valence-electron chi connectivity index (χ2n) is 8.31. The number of nitrogen functional groups attached to an aromatic ring is 1. The van der Waals surface area contributed by atoms with Crippen molar-refractivity contribution in [1.29, 1.82) is 0 Å². The van der Waals surface area contributed by atoms with Gasteiger partial charge in [-0.25, -0.2) is 9.97 Å². The predicted octanol–water partition coefficient (Wildman–Crippen LogP) is 4.23. The number of anilines is 2. The molecule has 1 aliphatic rings. The van der Waals surface area contributed by atoms with Crippen molar-refractivity contribution in [3.05, 3.63) is 72.1 Å². The van der Waals surface area contributed by atoms with E-state index in [2.05, 4.69) is 27.4 Å². The highest BCUT2D eigenvalue weighted by Crippen LogP contribution is 2.30. The third-order valence-electron chi connectivity index (χ3n) is 6.09. The first-order chi connectivity index (χ1) is 15.6. The molecular weight excluding hydrogens is 400 g/mol. The maximum Gasteiger partial charge on any atom is 0.253 e. The number of piperidine rings is 1. The average molecular weight is 427 g/mol. The number of H-pyrrole nitrogens is 1. The monoisotopic (exact) mass is 426 g/mol. The minimum atomic E-state index is 0.0525. The van der Waals surface area contributed by atoms with E-state index in [9.17, 15) is 4.79 Å². The number of carbonyl (C=O) groups excluding carboxylic acids is 1. The van der Waals surface area contributed by atoms with Crippen LogP contribution in [0.15, 0.2) is 60.9 Å². The number of likely N-dealkylation sites (tertiary alicyclic amines) is 1. The highest BCUT2D eigenvalue weighted by molar-refractivity contribution is 5.95. The second-order valence-corrected chi connectivity index (χ2v) is 8.31. The smallest absolute Gasteiger partial charge is 0.253 e. The lowest BCUT2D eigenvalue weighted by Gasteiger charge is -2.32. The first-order valence-corrected chi connectivity index (χ1v) is 10.9. The number of amides is 1. The van der Waals surface area contributed by atoms with Crippen molar-refractivity contribution >= 4 is 28.4 Å². The number of hydrogen-bond acceptors (Lipinski definition) is 5. The van der Waals surface area contributed by atoms with Crippen molar-refractivity contribution in [2.24, 2.45) is 0 Å². The van der Waals surface area contributed by atoms with Crippen LogP contribution < -0.4 is 11.1 Å². The van der Waals surface area contributed by atoms with Crippen LogP contribution in [0.1, 0.15) is 28.8 Å². The third kappa shape index (κ3) is 3.89. The normalized spacial score (nSPS) is 14.6. The van der Waals surface area contributed by atoms with Gasteiger partial charge in [-0.1, -0.05) is 18.2 Å². The standard InChI is InChI=1S/C25H26N6O/c1-16-14-28-25(30-23(16)21-15-27-22-5-3-2-4-20(21)22)29-19-10-12-31(13-11-19)24(32)17-6-8-18(26)9-7-17/h2-9,14-15,19,27H,10-13,26H2,1H3,(H,28,29,30). The van der Waals surface area contributed by atoms with Crippen molar-refractivity contribution in [2.75, 3.05) is 24.1 Å². The fourth-order valence-electron chi connectivity index (χ4n) is 4.27. The molecule has 1 saturated heterocycles. The molecule has 0 saturated carbocycles. The van der Waals surface area contributed by atoms with Gasteiger partial charge >= 0.3 is 0 Å². The van der Waals surface area contributed by atoms with Crippen LogP contribution in [0.4, 0.5) is 11.6 Å². The Bertz CT molecular complexity index is 1260. The van der Waals surface area contributed by atoms with Gasteiger partial charge < -0.3 is 20.9 Å². The average Bonchev–Trinajstić information content (AvgIpc) is 3.25. The Labute approximate surface area is 186 Å². The molecule has 4 N–H and O–H groups in total. The molecule has 3 heterocycles. The summed E-state index contributed by atoms with van der Waals surface area (Å²) in [7, 11) is 0. The van der Waals surface area contributed by atoms with Gasteiger partial charge in [-0.2, -0.15) is 0 Å². The lowest BCUT2D eigenvalue weighted by atomic mass is 10.0. The maximum atomic E-state index is 12.7. The number of aromatic nitrogens is 3. The van der Waals surface area contributed by atoms with Crippen LogP contribution in [0.5, 0.6) is 0 Å². The molecule has 1 amide bonds. The molecule has 1 aliphatic heterocycles. The van der Waals surface area contributed by atoms with E-state index in [0.717, 1.165) is 40.6 Å². The zero-order valence-corrected chi connectivity index (χ0v) is 18.0. The zero-order chi connectivity index (χ0) is 22.1. The molecule has 2 aromatic carbocycles. The van der Waals surface area contributed by atoms with Crippen molar-refractivity contribution in [1.82, 2.24) is 19.9 Å². The highest BCUT2D eigenvalue weighted by Gasteiger charge is 2.24. The molecule has 5 rings (SSSR count). The Balaban J connectivity index is 1.27. The number of aryl methyl sites for hydroxylation is 1. The highest BCUT2D eigenvalue weighted by atomic mass is 16.2. The van der Waals surface area contributed by atoms with E-state index < -0.39 is 0 Å². The van der Waals surface area contributed by atoms with Crippen LogP contribution in [0.3, 0.4) is 0 Å². The number of nitrogens with zero attached hydrogens (tertiary/aromatic N) is 3. The summed E-state index contributed by atoms with van der Waals surface area (Å²) in [5.74, 6) is 0.677. The largest absolute Gasteiger partial charge is 0.399 e. The number of carbonyl (C=O) groups is 1. The summed E-state index contributed by atoms with van der Waals surface area (Å²) in [5.41, 5.74) is 11.2. The Morgan fingerprint density at radius 2 is 1.88 bits per heavy atom. The zero-order valence-electron chi connectivity index (χ0n) is 18.0. The van der Waals surface area contributed by atoms with E-state index in [1.165, 1.54) is 0 Å². The minimum absolute atomic E-state index is 0.0525. The van der Waals surface area contributed by atoms with Gasteiger partial charge in [0, 0.05) is 59.2 Å². The van der Waals surface area contributed by atoms with Crippen molar-refractivity contribution < 1.29 is 4.79 Å². The SMILES string of the molecule is Cc1cnc(NC2CCN(C(=O)c3ccc(N)cc3)CC2)nc1-c1c[nH]c2ccccc12. The van der Waals surface area contributed by atoms with E-state index in [1.807, 2.05) is 36.4 Å². The molecule has 0 radical (unpaired) electrons. The first kappa shape index (κ1) is 20.1. The predicted molar refractivity (Wildman–Crippen MR) is 127 cm³/mol. The third-order valence-corrected chi connectivity index (χ3v) is 6.09. The molecule has 0 aliphatic carbocycles. The first-order valence-electron chi connectivity index (χ1n) is 10.9. The molecule has 0 spiro atoms. The van der Waals surface area contributed by atoms with Crippen LogP contribution in [0.2, 0.25) is 0 Å². The van der Waals surface area contributed by atoms with Crippen LogP contribution in [-0.2, 0) is 0 Å². The molecule has 32 heavy (non-hydrogen) atoms. The summed E-state index contributed by atoms with van der Waals surface area (Å²) in [6.07, 6.45) is 5.57. The Kier molecular flexibility index (Phi) is 5.23. The van der Waals surface area contributed by atoms with Gasteiger partial charge in [-0.05, 0) is 55.7 Å². The van der Waals surface area contributed by atoms with Gasteiger partial charge in [0.25, 0.3) is 5.91 Å². The number of nitrogens with two attached hydrogens (primary N) is 1. The molecule has 1 fully saturated rings. The molecule has 7 heteroatoms. The molecule has 162 valence electrons. The van der Waals surface area contributed by atoms with Gasteiger partial charge in [0.2, 0.25) is 5.95 Å². The quantitative estimate of drug-likeness (QED) is 0.424. The number of aromatic amines is 1. The van der Waals surface area contributed by atoms with Gasteiger partial charge in [-0.15, -0.1) is 0 Å². The summed E-state index contributed by atoms with van der Waals surface area (Å²) in [6, 6.07) is 15.6. The molecule has 2 aromatic heterocycles. The fraction of sp³-hybridized carbons (Fsp3) is 0.240. The van der Waals surface area contributed by atoms with Gasteiger partial charge in [0.1, 0.15) is 0 Å². The molecule has 0 atom stereocenters. The number of nitrogens with one attached hydrogen (secondary N) is 2. The summed E-state index contributed by atoms with van der Waals surface area (Å²) in [4.78, 5) is 27.3. The Morgan fingerprint density at radius 3 is 2.66 bits per heavy atom. The minimum Gasteiger partial charge on any atom is -0.399 e. The molecule has 0 unspecified atom stereocenters. The van der Waals surface area contributed by atoms with Crippen molar-refractivity contribution in [3.8, 4) is 11.3 Å². The molecule has 7 nitrogen and oxygen atoms in total. The van der Waals surface area contributed by atoms with E-state index in [-0.39, 0.29) is 11.9 Å². The summed E-state index contributed by atoms with van der Waals surface area (Å²) in [5, 5.41) is 4.63. The summed E-state index contributed by atoms with van der Waals surface area (Å²) >= 11 is 0. The van der Waals surface area contributed by atoms with Gasteiger partial charge in [-0.3, -0.25) is 4.79 Å². The van der Waals surface area contributed by atoms with Gasteiger partial charge in [0.05, 0.1) is 5.69 Å². The number of fused-ring (bicyclic) bond motifs is 1. The number of hydrogen-bond donors (Lipinski definition) is 3. The van der Waals surface area contributed by atoms with Crippen LogP contribution >= 0.6 is 0 Å². The Morgan fingerprint density at radius 1 is 1.12 bits per heavy atom. The Hall–Kier alpha value is -3.87. The number of para-hydroxylation sites is 1. The lowest BCUT2D eigenvalue weighted by molar-refractivity contribution is 0.0718. The van der Waals surface area contributed by atoms with Crippen LogP contribution in [-0.4, -0.2) is 44.9 Å². The van der Waals surface area contributed by atoms with Crippen molar-refractivity contribution in [3.63, 3.8) is 0 Å². The van der Waals surface area contributed by atoms with E-state index in [0.29, 0.717) is 30.3 Å². The van der Waals surface area contributed by atoms with Crippen molar-refractivity contribution in [2.45, 2.75) is 25.8 Å². The fourth-order valence-corrected chi connectivity index (χ4v) is 4.27. The second kappa shape index (κ2) is 8.34. The van der Waals surface area contributed by atoms with Crippen LogP contribution in [0, 0.1) is 6.92 Å². The molecule has 4 aromatic rings. The molecule has 0 bridgehead atoms. The lowest BCUT2D eigenvalue weighted by Crippen LogP contribution is -2.42. The maximum absolute atomic E-state index is 12.7. The number of rotatable bonds is 4. The van der Waals surface area contributed by atoms with E-state index in [1.54, 1.807) is 24.3 Å². The summed E-state index contributed by atoms with van der Waals surface area (Å²) in [6.45, 7) is 3.42. The molecular formula is C25H26N6O.